The molecule has 0 amide bonds. The third-order valence-corrected chi connectivity index (χ3v) is 3.46. The van der Waals surface area contributed by atoms with Crippen molar-refractivity contribution in [1.82, 2.24) is 4.90 Å². The number of hydrogen-bond acceptors (Lipinski definition) is 1. The minimum atomic E-state index is 0.647. The number of rotatable bonds is 3. The topological polar surface area (TPSA) is 3.24 Å². The van der Waals surface area contributed by atoms with Gasteiger partial charge in [0.15, 0.2) is 0 Å². The lowest BCUT2D eigenvalue weighted by molar-refractivity contribution is 0.199. The van der Waals surface area contributed by atoms with Crippen LogP contribution in [0.15, 0.2) is 42.0 Å². The summed E-state index contributed by atoms with van der Waals surface area (Å²) in [6.07, 6.45) is 4.82. The van der Waals surface area contributed by atoms with Crippen LogP contribution in [0.25, 0.3) is 0 Å². The molecule has 1 nitrogen and oxygen atoms in total. The molecule has 1 aromatic rings. The quantitative estimate of drug-likeness (QED) is 0.696. The Hall–Kier alpha value is -1.08. The molecule has 2 rings (SSSR count). The van der Waals surface area contributed by atoms with Gasteiger partial charge in [-0.1, -0.05) is 48.9 Å². The molecule has 0 spiro atoms. The molecule has 0 N–H and O–H groups in total. The fraction of sp³-hybridized carbons (Fsp3) is 0.467. The third kappa shape index (κ3) is 2.53. The molecule has 16 heavy (non-hydrogen) atoms. The van der Waals surface area contributed by atoms with Crippen LogP contribution >= 0.6 is 0 Å². The highest BCUT2D eigenvalue weighted by molar-refractivity contribution is 5.17. The monoisotopic (exact) mass is 215 g/mol. The van der Waals surface area contributed by atoms with Gasteiger partial charge < -0.3 is 0 Å². The first-order chi connectivity index (χ1) is 7.81. The van der Waals surface area contributed by atoms with Gasteiger partial charge in [0.2, 0.25) is 0 Å². The van der Waals surface area contributed by atoms with Crippen molar-refractivity contribution in [3.8, 4) is 0 Å². The minimum absolute atomic E-state index is 0.647. The summed E-state index contributed by atoms with van der Waals surface area (Å²) >= 11 is 0. The lowest BCUT2D eigenvalue weighted by Crippen LogP contribution is -2.38. The predicted octanol–water partition coefficient (Wildman–Crippen LogP) is 3.62. The average molecular weight is 215 g/mol. The first-order valence-electron chi connectivity index (χ1n) is 6.26. The maximum absolute atomic E-state index is 2.60. The number of hydrogen-bond donors (Lipinski definition) is 0. The molecule has 0 aromatic heterocycles. The van der Waals surface area contributed by atoms with Crippen molar-refractivity contribution in [2.45, 2.75) is 39.3 Å². The van der Waals surface area contributed by atoms with Gasteiger partial charge in [0.1, 0.15) is 0 Å². The molecular formula is C15H21N. The van der Waals surface area contributed by atoms with Crippen LogP contribution in [-0.4, -0.2) is 17.5 Å². The van der Waals surface area contributed by atoms with Crippen LogP contribution < -0.4 is 0 Å². The van der Waals surface area contributed by atoms with E-state index in [9.17, 15) is 0 Å². The molecule has 86 valence electrons. The Labute approximate surface area is 98.8 Å². The van der Waals surface area contributed by atoms with E-state index in [2.05, 4.69) is 55.2 Å². The highest BCUT2D eigenvalue weighted by atomic mass is 15.2. The molecule has 0 aliphatic carbocycles. The summed E-state index contributed by atoms with van der Waals surface area (Å²) in [6.45, 7) is 6.84. The maximum atomic E-state index is 2.60. The molecule has 0 saturated heterocycles. The summed E-state index contributed by atoms with van der Waals surface area (Å²) in [5, 5.41) is 0. The van der Waals surface area contributed by atoms with E-state index in [1.54, 1.807) is 5.57 Å². The van der Waals surface area contributed by atoms with Crippen LogP contribution in [0.5, 0.6) is 0 Å². The average Bonchev–Trinajstić information content (AvgIpc) is 2.31. The van der Waals surface area contributed by atoms with Crippen LogP contribution in [0.3, 0.4) is 0 Å². The molecule has 1 aromatic carbocycles. The van der Waals surface area contributed by atoms with E-state index in [1.807, 2.05) is 0 Å². The SMILES string of the molecule is CCC1C(C)=CCCN1Cc1ccccc1. The predicted molar refractivity (Wildman–Crippen MR) is 69.3 cm³/mol. The van der Waals surface area contributed by atoms with E-state index in [0.29, 0.717) is 6.04 Å². The number of nitrogens with zero attached hydrogens (tertiary/aromatic N) is 1. The summed E-state index contributed by atoms with van der Waals surface area (Å²) in [6, 6.07) is 11.4. The first kappa shape index (κ1) is 11.4. The molecule has 0 bridgehead atoms. The van der Waals surface area contributed by atoms with Gasteiger partial charge in [-0.25, -0.2) is 0 Å². The highest BCUT2D eigenvalue weighted by Crippen LogP contribution is 2.22. The number of benzene rings is 1. The zero-order chi connectivity index (χ0) is 11.4. The van der Waals surface area contributed by atoms with Gasteiger partial charge in [-0.05, 0) is 25.3 Å². The van der Waals surface area contributed by atoms with Crippen molar-refractivity contribution in [3.63, 3.8) is 0 Å². The van der Waals surface area contributed by atoms with Gasteiger partial charge in [-0.2, -0.15) is 0 Å². The summed E-state index contributed by atoms with van der Waals surface area (Å²) in [5.41, 5.74) is 2.97. The molecule has 1 atom stereocenters. The van der Waals surface area contributed by atoms with Crippen LogP contribution in [0.4, 0.5) is 0 Å². The lowest BCUT2D eigenvalue weighted by Gasteiger charge is -2.35. The van der Waals surface area contributed by atoms with Crippen molar-refractivity contribution in [2.24, 2.45) is 0 Å². The van der Waals surface area contributed by atoms with Crippen molar-refractivity contribution in [1.29, 1.82) is 0 Å². The van der Waals surface area contributed by atoms with Gasteiger partial charge in [0.05, 0.1) is 0 Å². The Balaban J connectivity index is 2.07. The Morgan fingerprint density at radius 1 is 1.25 bits per heavy atom. The second kappa shape index (κ2) is 5.31. The van der Waals surface area contributed by atoms with E-state index in [-0.39, 0.29) is 0 Å². The minimum Gasteiger partial charge on any atom is -0.292 e. The zero-order valence-corrected chi connectivity index (χ0v) is 10.3. The maximum Gasteiger partial charge on any atom is 0.0305 e. The summed E-state index contributed by atoms with van der Waals surface area (Å²) in [4.78, 5) is 2.60. The summed E-state index contributed by atoms with van der Waals surface area (Å²) in [7, 11) is 0. The van der Waals surface area contributed by atoms with Crippen molar-refractivity contribution < 1.29 is 0 Å². The Morgan fingerprint density at radius 3 is 2.69 bits per heavy atom. The van der Waals surface area contributed by atoms with Gasteiger partial charge in [-0.3, -0.25) is 4.90 Å². The standard InChI is InChI=1S/C15H21N/c1-3-15-13(2)8-7-11-16(15)12-14-9-5-4-6-10-14/h4-6,8-10,15H,3,7,11-12H2,1-2H3. The molecular weight excluding hydrogens is 194 g/mol. The molecule has 1 heterocycles. The summed E-state index contributed by atoms with van der Waals surface area (Å²) in [5.74, 6) is 0. The van der Waals surface area contributed by atoms with Crippen molar-refractivity contribution in [2.75, 3.05) is 6.54 Å². The molecule has 1 unspecified atom stereocenters. The van der Waals surface area contributed by atoms with Gasteiger partial charge in [-0.15, -0.1) is 0 Å². The fourth-order valence-electron chi connectivity index (χ4n) is 2.63. The Kier molecular flexibility index (Phi) is 3.79. The smallest absolute Gasteiger partial charge is 0.0305 e. The molecule has 0 saturated carbocycles. The van der Waals surface area contributed by atoms with Crippen molar-refractivity contribution >= 4 is 0 Å². The van der Waals surface area contributed by atoms with E-state index < -0.39 is 0 Å². The highest BCUT2D eigenvalue weighted by Gasteiger charge is 2.20. The van der Waals surface area contributed by atoms with Gasteiger partial charge in [0.25, 0.3) is 0 Å². The molecule has 1 aliphatic heterocycles. The third-order valence-electron chi connectivity index (χ3n) is 3.46. The Bertz CT molecular complexity index is 353. The normalized spacial score (nSPS) is 21.9. The second-order valence-corrected chi connectivity index (χ2v) is 4.62. The van der Waals surface area contributed by atoms with Crippen LogP contribution in [-0.2, 0) is 6.54 Å². The summed E-state index contributed by atoms with van der Waals surface area (Å²) < 4.78 is 0. The van der Waals surface area contributed by atoms with E-state index in [4.69, 9.17) is 0 Å². The van der Waals surface area contributed by atoms with Gasteiger partial charge >= 0.3 is 0 Å². The fourth-order valence-corrected chi connectivity index (χ4v) is 2.63. The first-order valence-corrected chi connectivity index (χ1v) is 6.26. The van der Waals surface area contributed by atoms with Crippen LogP contribution in [0.2, 0.25) is 0 Å². The van der Waals surface area contributed by atoms with Gasteiger partial charge in [0, 0.05) is 19.1 Å². The second-order valence-electron chi connectivity index (χ2n) is 4.62. The zero-order valence-electron chi connectivity index (χ0n) is 10.3. The van der Waals surface area contributed by atoms with Crippen LogP contribution in [0, 0.1) is 0 Å². The molecule has 0 fully saturated rings. The van der Waals surface area contributed by atoms with Crippen LogP contribution in [0.1, 0.15) is 32.3 Å². The molecule has 0 radical (unpaired) electrons. The van der Waals surface area contributed by atoms with E-state index in [1.165, 1.54) is 24.9 Å². The largest absolute Gasteiger partial charge is 0.292 e. The lowest BCUT2D eigenvalue weighted by atomic mass is 9.98. The molecule has 1 heteroatoms. The van der Waals surface area contributed by atoms with E-state index >= 15 is 0 Å². The van der Waals surface area contributed by atoms with Crippen molar-refractivity contribution in [3.05, 3.63) is 47.5 Å². The van der Waals surface area contributed by atoms with E-state index in [0.717, 1.165) is 6.54 Å². The molecule has 1 aliphatic rings. The Morgan fingerprint density at radius 2 is 2.00 bits per heavy atom.